The molecule has 0 aliphatic rings. The molecule has 2 heterocycles. The van der Waals surface area contributed by atoms with Crippen LogP contribution in [0.1, 0.15) is 42.4 Å². The molecule has 2 aromatic heterocycles. The van der Waals surface area contributed by atoms with Crippen LogP contribution >= 0.6 is 0 Å². The third-order valence-corrected chi connectivity index (χ3v) is 6.35. The van der Waals surface area contributed by atoms with Crippen molar-refractivity contribution in [2.24, 2.45) is 5.92 Å². The Balaban J connectivity index is 1.75. The van der Waals surface area contributed by atoms with Crippen molar-refractivity contribution in [3.8, 4) is 5.75 Å². The second kappa shape index (κ2) is 11.5. The highest BCUT2D eigenvalue weighted by molar-refractivity contribution is 5.79. The number of hydrogen-bond donors (Lipinski definition) is 1. The summed E-state index contributed by atoms with van der Waals surface area (Å²) in [5, 5.41) is 13.6. The van der Waals surface area contributed by atoms with E-state index < -0.39 is 0 Å². The molecule has 4 aromatic rings. The maximum Gasteiger partial charge on any atom is 0.252 e. The zero-order valence-corrected chi connectivity index (χ0v) is 21.6. The Morgan fingerprint density at radius 2 is 1.83 bits per heavy atom. The lowest BCUT2D eigenvalue weighted by Crippen LogP contribution is -2.35. The van der Waals surface area contributed by atoms with E-state index in [4.69, 9.17) is 9.47 Å². The first-order valence-corrected chi connectivity index (χ1v) is 12.1. The lowest BCUT2D eigenvalue weighted by Gasteiger charge is -2.33. The molecule has 1 N–H and O–H groups in total. The number of tetrazole rings is 1. The van der Waals surface area contributed by atoms with Gasteiger partial charge in [-0.25, -0.2) is 4.68 Å². The Hall–Kier alpha value is -3.56. The molecule has 0 spiro atoms. The summed E-state index contributed by atoms with van der Waals surface area (Å²) >= 11 is 0. The van der Waals surface area contributed by atoms with Crippen LogP contribution in [0.5, 0.6) is 5.75 Å². The van der Waals surface area contributed by atoms with Crippen molar-refractivity contribution in [2.45, 2.75) is 46.4 Å². The van der Waals surface area contributed by atoms with E-state index in [0.29, 0.717) is 31.8 Å². The Labute approximate surface area is 211 Å². The third-order valence-electron chi connectivity index (χ3n) is 6.35. The van der Waals surface area contributed by atoms with Gasteiger partial charge in [-0.15, -0.1) is 5.10 Å². The molecule has 9 nitrogen and oxygen atoms in total. The standard InChI is InChI=1S/C27H34N6O3/c1-18(2)25(26-29-30-31-33(26)12-13-35-4)32(16-20-7-10-23(36-5)11-8-20)17-22-15-21-9-6-19(3)14-24(21)28-27(22)34/h6-11,14-15,18,25H,12-13,16-17H2,1-5H3,(H,28,34)/t25-/m0/s1. The van der Waals surface area contributed by atoms with Crippen LogP contribution in [0.2, 0.25) is 0 Å². The average molecular weight is 491 g/mol. The van der Waals surface area contributed by atoms with E-state index in [-0.39, 0.29) is 17.5 Å². The molecule has 36 heavy (non-hydrogen) atoms. The van der Waals surface area contributed by atoms with Crippen molar-refractivity contribution in [1.29, 1.82) is 0 Å². The van der Waals surface area contributed by atoms with Crippen molar-refractivity contribution in [2.75, 3.05) is 20.8 Å². The van der Waals surface area contributed by atoms with Crippen LogP contribution < -0.4 is 10.3 Å². The van der Waals surface area contributed by atoms with E-state index in [1.54, 1.807) is 18.9 Å². The largest absolute Gasteiger partial charge is 0.497 e. The Morgan fingerprint density at radius 3 is 2.53 bits per heavy atom. The second-order valence-electron chi connectivity index (χ2n) is 9.41. The van der Waals surface area contributed by atoms with Gasteiger partial charge in [0.1, 0.15) is 5.75 Å². The smallest absolute Gasteiger partial charge is 0.252 e. The van der Waals surface area contributed by atoms with Gasteiger partial charge in [-0.2, -0.15) is 0 Å². The number of fused-ring (bicyclic) bond motifs is 1. The van der Waals surface area contributed by atoms with Crippen LogP contribution in [0.3, 0.4) is 0 Å². The molecule has 0 fully saturated rings. The number of benzene rings is 2. The molecular formula is C27H34N6O3. The van der Waals surface area contributed by atoms with Crippen molar-refractivity contribution in [1.82, 2.24) is 30.1 Å². The molecule has 0 unspecified atom stereocenters. The molecule has 0 radical (unpaired) electrons. The molecule has 0 bridgehead atoms. The summed E-state index contributed by atoms with van der Waals surface area (Å²) in [6.07, 6.45) is 0. The van der Waals surface area contributed by atoms with Crippen molar-refractivity contribution >= 4 is 10.9 Å². The van der Waals surface area contributed by atoms with Crippen LogP contribution in [-0.2, 0) is 24.4 Å². The fraction of sp³-hybridized carbons (Fsp3) is 0.407. The molecular weight excluding hydrogens is 456 g/mol. The first-order chi connectivity index (χ1) is 17.4. The van der Waals surface area contributed by atoms with E-state index in [1.807, 2.05) is 49.4 Å². The zero-order valence-electron chi connectivity index (χ0n) is 21.6. The molecule has 0 aliphatic heterocycles. The van der Waals surface area contributed by atoms with Gasteiger partial charge in [-0.05, 0) is 64.0 Å². The number of rotatable bonds is 11. The summed E-state index contributed by atoms with van der Waals surface area (Å²) in [5.41, 5.74) is 3.66. The summed E-state index contributed by atoms with van der Waals surface area (Å²) in [6, 6.07) is 15.9. The molecule has 0 aliphatic carbocycles. The van der Waals surface area contributed by atoms with Gasteiger partial charge < -0.3 is 14.5 Å². The van der Waals surface area contributed by atoms with Crippen molar-refractivity contribution in [3.63, 3.8) is 0 Å². The van der Waals surface area contributed by atoms with E-state index in [0.717, 1.165) is 33.6 Å². The Morgan fingerprint density at radius 1 is 1.06 bits per heavy atom. The van der Waals surface area contributed by atoms with Crippen LogP contribution in [0.25, 0.3) is 10.9 Å². The Kier molecular flexibility index (Phi) is 8.12. The van der Waals surface area contributed by atoms with E-state index in [2.05, 4.69) is 45.3 Å². The molecule has 4 rings (SSSR count). The normalized spacial score (nSPS) is 12.5. The maximum absolute atomic E-state index is 13.1. The minimum absolute atomic E-state index is 0.0886. The minimum atomic E-state index is -0.132. The van der Waals surface area contributed by atoms with Crippen LogP contribution in [0.15, 0.2) is 53.3 Å². The molecule has 9 heteroatoms. The maximum atomic E-state index is 13.1. The molecule has 0 amide bonds. The summed E-state index contributed by atoms with van der Waals surface area (Å²) < 4.78 is 12.4. The summed E-state index contributed by atoms with van der Waals surface area (Å²) in [4.78, 5) is 18.5. The summed E-state index contributed by atoms with van der Waals surface area (Å²) in [7, 11) is 3.32. The quantitative estimate of drug-likeness (QED) is 0.341. The van der Waals surface area contributed by atoms with Gasteiger partial charge >= 0.3 is 0 Å². The molecule has 2 aromatic carbocycles. The first-order valence-electron chi connectivity index (χ1n) is 12.1. The molecule has 0 saturated heterocycles. The number of hydrogen-bond acceptors (Lipinski definition) is 7. The van der Waals surface area contributed by atoms with E-state index in [9.17, 15) is 4.79 Å². The first kappa shape index (κ1) is 25.5. The summed E-state index contributed by atoms with van der Waals surface area (Å²) in [5.74, 6) is 1.73. The lowest BCUT2D eigenvalue weighted by molar-refractivity contribution is 0.121. The van der Waals surface area contributed by atoms with Gasteiger partial charge in [-0.1, -0.05) is 38.1 Å². The minimum Gasteiger partial charge on any atom is -0.497 e. The topological polar surface area (TPSA) is 98.2 Å². The van der Waals surface area contributed by atoms with Gasteiger partial charge in [0.25, 0.3) is 5.56 Å². The van der Waals surface area contributed by atoms with Crippen molar-refractivity contribution < 1.29 is 9.47 Å². The number of nitrogens with zero attached hydrogens (tertiary/aromatic N) is 5. The Bertz CT molecular complexity index is 1350. The van der Waals surface area contributed by atoms with Gasteiger partial charge in [-0.3, -0.25) is 9.69 Å². The average Bonchev–Trinajstić information content (AvgIpc) is 3.31. The molecule has 1 atom stereocenters. The number of methoxy groups -OCH3 is 2. The number of nitrogens with one attached hydrogen (secondary N) is 1. The van der Waals surface area contributed by atoms with Gasteiger partial charge in [0.2, 0.25) is 0 Å². The highest BCUT2D eigenvalue weighted by Crippen LogP contribution is 2.30. The van der Waals surface area contributed by atoms with E-state index in [1.165, 1.54) is 0 Å². The van der Waals surface area contributed by atoms with Crippen molar-refractivity contribution in [3.05, 3.63) is 81.4 Å². The molecule has 190 valence electrons. The fourth-order valence-electron chi connectivity index (χ4n) is 4.56. The number of ether oxygens (including phenoxy) is 2. The summed E-state index contributed by atoms with van der Waals surface area (Å²) in [6.45, 7) is 8.41. The number of H-pyrrole nitrogens is 1. The van der Waals surface area contributed by atoms with Gasteiger partial charge in [0.05, 0.1) is 26.3 Å². The van der Waals surface area contributed by atoms with Gasteiger partial charge in [0.15, 0.2) is 5.82 Å². The second-order valence-corrected chi connectivity index (χ2v) is 9.41. The highest BCUT2D eigenvalue weighted by atomic mass is 16.5. The zero-order chi connectivity index (χ0) is 25.7. The number of pyridine rings is 1. The molecule has 0 saturated carbocycles. The van der Waals surface area contributed by atoms with Crippen LogP contribution in [0, 0.1) is 12.8 Å². The monoisotopic (exact) mass is 490 g/mol. The van der Waals surface area contributed by atoms with E-state index >= 15 is 0 Å². The predicted octanol–water partition coefficient (Wildman–Crippen LogP) is 3.88. The van der Waals surface area contributed by atoms with Gasteiger partial charge in [0, 0.05) is 31.3 Å². The highest BCUT2D eigenvalue weighted by Gasteiger charge is 2.30. The lowest BCUT2D eigenvalue weighted by atomic mass is 9.99. The third kappa shape index (κ3) is 5.80. The van der Waals surface area contributed by atoms with Crippen LogP contribution in [-0.4, -0.2) is 50.9 Å². The predicted molar refractivity (Wildman–Crippen MR) is 139 cm³/mol. The van der Waals surface area contributed by atoms with Crippen LogP contribution in [0.4, 0.5) is 0 Å². The number of aromatic nitrogens is 5. The number of aryl methyl sites for hydroxylation is 1. The fourth-order valence-corrected chi connectivity index (χ4v) is 4.56. The SMILES string of the molecule is COCCn1nnnc1[C@H](C(C)C)N(Cc1ccc(OC)cc1)Cc1cc2ccc(C)cc2[nH]c1=O. The number of aromatic amines is 1.